The molecule has 0 amide bonds. The summed E-state index contributed by atoms with van der Waals surface area (Å²) in [5, 5.41) is 11.3. The van der Waals surface area contributed by atoms with Gasteiger partial charge >= 0.3 is 0 Å². The molecule has 0 aliphatic carbocycles. The van der Waals surface area contributed by atoms with Crippen LogP contribution >= 0.6 is 34.8 Å². The predicted molar refractivity (Wildman–Crippen MR) is 76.5 cm³/mol. The fourth-order valence-electron chi connectivity index (χ4n) is 1.78. The average molecular weight is 320 g/mol. The molecule has 2 aromatic carbocycles. The van der Waals surface area contributed by atoms with Gasteiger partial charge in [0.2, 0.25) is 0 Å². The molecule has 100 valence electrons. The lowest BCUT2D eigenvalue weighted by atomic mass is 10.0. The number of rotatable bonds is 3. The Morgan fingerprint density at radius 2 is 1.74 bits per heavy atom. The van der Waals surface area contributed by atoms with Crippen molar-refractivity contribution in [3.05, 3.63) is 68.4 Å². The van der Waals surface area contributed by atoms with E-state index in [0.717, 1.165) is 5.56 Å². The normalized spacial score (nSPS) is 12.5. The molecule has 1 N–H and O–H groups in total. The quantitative estimate of drug-likeness (QED) is 0.838. The van der Waals surface area contributed by atoms with Gasteiger partial charge in [-0.2, -0.15) is 0 Å². The van der Waals surface area contributed by atoms with Crippen LogP contribution in [0.1, 0.15) is 17.2 Å². The van der Waals surface area contributed by atoms with Gasteiger partial charge in [-0.1, -0.05) is 46.9 Å². The Kier molecular flexibility index (Phi) is 4.69. The first-order chi connectivity index (χ1) is 8.97. The van der Waals surface area contributed by atoms with Gasteiger partial charge in [-0.05, 0) is 35.4 Å². The molecule has 0 heterocycles. The number of aliphatic hydroxyl groups excluding tert-OH is 1. The molecule has 0 fully saturated rings. The largest absolute Gasteiger partial charge is 0.388 e. The van der Waals surface area contributed by atoms with Crippen LogP contribution in [0.2, 0.25) is 15.1 Å². The Labute approximate surface area is 125 Å². The van der Waals surface area contributed by atoms with Crippen molar-refractivity contribution in [1.82, 2.24) is 0 Å². The molecule has 0 spiro atoms. The SMILES string of the molecule is OC(Cc1ccc(Cl)cc1Cl)c1ccc(F)cc1Cl. The molecule has 1 nitrogen and oxygen atoms in total. The highest BCUT2D eigenvalue weighted by Gasteiger charge is 2.14. The number of halogens is 4. The van der Waals surface area contributed by atoms with Crippen LogP contribution in [0.5, 0.6) is 0 Å². The number of benzene rings is 2. The Morgan fingerprint density at radius 3 is 2.37 bits per heavy atom. The van der Waals surface area contributed by atoms with E-state index >= 15 is 0 Å². The minimum atomic E-state index is -0.855. The molecular formula is C14H10Cl3FO. The number of aliphatic hydroxyl groups is 1. The summed E-state index contributed by atoms with van der Waals surface area (Å²) >= 11 is 17.7. The zero-order valence-electron chi connectivity index (χ0n) is 9.71. The van der Waals surface area contributed by atoms with Crippen LogP contribution in [0.4, 0.5) is 4.39 Å². The van der Waals surface area contributed by atoms with Crippen LogP contribution in [-0.2, 0) is 6.42 Å². The van der Waals surface area contributed by atoms with Crippen molar-refractivity contribution >= 4 is 34.8 Å². The van der Waals surface area contributed by atoms with Gasteiger partial charge in [0.25, 0.3) is 0 Å². The second kappa shape index (κ2) is 6.10. The molecule has 0 aliphatic heterocycles. The summed E-state index contributed by atoms with van der Waals surface area (Å²) in [5.41, 5.74) is 1.22. The topological polar surface area (TPSA) is 20.2 Å². The maximum Gasteiger partial charge on any atom is 0.124 e. The zero-order valence-corrected chi connectivity index (χ0v) is 12.0. The van der Waals surface area contributed by atoms with Crippen LogP contribution in [0, 0.1) is 5.82 Å². The monoisotopic (exact) mass is 318 g/mol. The van der Waals surface area contributed by atoms with E-state index in [2.05, 4.69) is 0 Å². The first-order valence-electron chi connectivity index (χ1n) is 5.54. The van der Waals surface area contributed by atoms with Crippen molar-refractivity contribution in [2.45, 2.75) is 12.5 Å². The molecule has 0 saturated heterocycles. The first-order valence-corrected chi connectivity index (χ1v) is 6.67. The standard InChI is InChI=1S/C14H10Cl3FO/c15-9-2-1-8(12(16)6-9)5-14(19)11-4-3-10(18)7-13(11)17/h1-4,6-7,14,19H,5H2. The third kappa shape index (κ3) is 3.61. The van der Waals surface area contributed by atoms with E-state index < -0.39 is 11.9 Å². The molecule has 19 heavy (non-hydrogen) atoms. The second-order valence-corrected chi connectivity index (χ2v) is 5.37. The van der Waals surface area contributed by atoms with Crippen molar-refractivity contribution < 1.29 is 9.50 Å². The highest BCUT2D eigenvalue weighted by atomic mass is 35.5. The lowest BCUT2D eigenvalue weighted by molar-refractivity contribution is 0.178. The van der Waals surface area contributed by atoms with Gasteiger partial charge in [0.05, 0.1) is 6.10 Å². The third-order valence-corrected chi connectivity index (χ3v) is 3.66. The van der Waals surface area contributed by atoms with E-state index in [1.807, 2.05) is 0 Å². The average Bonchev–Trinajstić information content (AvgIpc) is 2.32. The second-order valence-electron chi connectivity index (χ2n) is 4.12. The smallest absolute Gasteiger partial charge is 0.124 e. The summed E-state index contributed by atoms with van der Waals surface area (Å²) in [6.07, 6.45) is -0.576. The summed E-state index contributed by atoms with van der Waals surface area (Å²) in [4.78, 5) is 0. The predicted octanol–water partition coefficient (Wildman–Crippen LogP) is 5.06. The van der Waals surface area contributed by atoms with E-state index in [9.17, 15) is 9.50 Å². The molecule has 0 aliphatic rings. The van der Waals surface area contributed by atoms with E-state index in [-0.39, 0.29) is 11.4 Å². The molecule has 1 unspecified atom stereocenters. The maximum atomic E-state index is 12.9. The van der Waals surface area contributed by atoms with Crippen molar-refractivity contribution in [2.75, 3.05) is 0 Å². The van der Waals surface area contributed by atoms with Gasteiger partial charge in [-0.15, -0.1) is 0 Å². The van der Waals surface area contributed by atoms with E-state index in [1.54, 1.807) is 18.2 Å². The van der Waals surface area contributed by atoms with Gasteiger partial charge in [-0.25, -0.2) is 4.39 Å². The maximum absolute atomic E-state index is 12.9. The van der Waals surface area contributed by atoms with Gasteiger partial charge in [0.1, 0.15) is 5.82 Å². The lowest BCUT2D eigenvalue weighted by Gasteiger charge is -2.14. The fraction of sp³-hybridized carbons (Fsp3) is 0.143. The van der Waals surface area contributed by atoms with Crippen LogP contribution in [0.3, 0.4) is 0 Å². The minimum absolute atomic E-state index is 0.192. The molecular weight excluding hydrogens is 310 g/mol. The zero-order chi connectivity index (χ0) is 14.0. The molecule has 0 saturated carbocycles. The number of hydrogen-bond acceptors (Lipinski definition) is 1. The molecule has 0 aromatic heterocycles. The van der Waals surface area contributed by atoms with Crippen LogP contribution < -0.4 is 0 Å². The summed E-state index contributed by atoms with van der Waals surface area (Å²) in [5.74, 6) is -0.439. The number of hydrogen-bond donors (Lipinski definition) is 1. The Morgan fingerprint density at radius 1 is 1.00 bits per heavy atom. The molecule has 0 bridgehead atoms. The summed E-state index contributed by atoms with van der Waals surface area (Å²) in [6.45, 7) is 0. The highest BCUT2D eigenvalue weighted by molar-refractivity contribution is 6.35. The van der Waals surface area contributed by atoms with Gasteiger partial charge in [0, 0.05) is 21.5 Å². The fourth-order valence-corrected chi connectivity index (χ4v) is 2.56. The van der Waals surface area contributed by atoms with Crippen LogP contribution in [0.25, 0.3) is 0 Å². The molecule has 1 atom stereocenters. The summed E-state index contributed by atoms with van der Waals surface area (Å²) < 4.78 is 12.9. The first kappa shape index (κ1) is 14.6. The molecule has 5 heteroatoms. The Bertz CT molecular complexity index is 601. The van der Waals surface area contributed by atoms with Crippen molar-refractivity contribution in [1.29, 1.82) is 0 Å². The van der Waals surface area contributed by atoms with E-state index in [4.69, 9.17) is 34.8 Å². The minimum Gasteiger partial charge on any atom is -0.388 e. The van der Waals surface area contributed by atoms with Gasteiger partial charge < -0.3 is 5.11 Å². The highest BCUT2D eigenvalue weighted by Crippen LogP contribution is 2.29. The third-order valence-electron chi connectivity index (χ3n) is 2.75. The van der Waals surface area contributed by atoms with Crippen molar-refractivity contribution in [3.8, 4) is 0 Å². The summed E-state index contributed by atoms with van der Waals surface area (Å²) in [6, 6.07) is 8.94. The van der Waals surface area contributed by atoms with E-state index in [1.165, 1.54) is 18.2 Å². The molecule has 0 radical (unpaired) electrons. The lowest BCUT2D eigenvalue weighted by Crippen LogP contribution is -2.03. The van der Waals surface area contributed by atoms with Crippen molar-refractivity contribution in [2.24, 2.45) is 0 Å². The molecule has 2 aromatic rings. The van der Waals surface area contributed by atoms with Gasteiger partial charge in [-0.3, -0.25) is 0 Å². The Balaban J connectivity index is 2.23. The summed E-state index contributed by atoms with van der Waals surface area (Å²) in [7, 11) is 0. The van der Waals surface area contributed by atoms with Crippen molar-refractivity contribution in [3.63, 3.8) is 0 Å². The van der Waals surface area contributed by atoms with Gasteiger partial charge in [0.15, 0.2) is 0 Å². The van der Waals surface area contributed by atoms with Crippen LogP contribution in [-0.4, -0.2) is 5.11 Å². The van der Waals surface area contributed by atoms with Crippen LogP contribution in [0.15, 0.2) is 36.4 Å². The Hall–Kier alpha value is -0.800. The van der Waals surface area contributed by atoms with E-state index in [0.29, 0.717) is 15.6 Å². The molecule has 2 rings (SSSR count).